The Morgan fingerprint density at radius 2 is 1.92 bits per heavy atom. The van der Waals surface area contributed by atoms with Crippen molar-refractivity contribution in [1.82, 2.24) is 4.98 Å². The number of rotatable bonds is 10. The van der Waals surface area contributed by atoms with Gasteiger partial charge < -0.3 is 4.42 Å². The fourth-order valence-corrected chi connectivity index (χ4v) is 2.51. The first-order chi connectivity index (χ1) is 12.3. The molecular weight excluding hydrogens is 312 g/mol. The highest BCUT2D eigenvalue weighted by molar-refractivity contribution is 5.80. The number of nitrogens with one attached hydrogen (secondary N) is 1. The van der Waals surface area contributed by atoms with Gasteiger partial charge in [-0.25, -0.2) is 10.4 Å². The fourth-order valence-electron chi connectivity index (χ4n) is 2.51. The van der Waals surface area contributed by atoms with E-state index < -0.39 is 0 Å². The lowest BCUT2D eigenvalue weighted by Gasteiger charge is -1.98. The summed E-state index contributed by atoms with van der Waals surface area (Å²) in [6.07, 6.45) is 9.37. The Morgan fingerprint density at radius 3 is 2.60 bits per heavy atom. The maximum absolute atomic E-state index is 9.18. The van der Waals surface area contributed by atoms with E-state index in [1.807, 2.05) is 18.2 Å². The Kier molecular flexibility index (Phi) is 7.71. The second-order valence-corrected chi connectivity index (χ2v) is 6.03. The van der Waals surface area contributed by atoms with Crippen molar-refractivity contribution in [2.24, 2.45) is 5.10 Å². The summed E-state index contributed by atoms with van der Waals surface area (Å²) in [5, 5.41) is 13.3. The Morgan fingerprint density at radius 1 is 1.16 bits per heavy atom. The summed E-state index contributed by atoms with van der Waals surface area (Å²) in [5.41, 5.74) is 5.31. The van der Waals surface area contributed by atoms with Crippen LogP contribution in [-0.2, 0) is 12.8 Å². The van der Waals surface area contributed by atoms with E-state index in [0.717, 1.165) is 31.2 Å². The van der Waals surface area contributed by atoms with E-state index in [1.165, 1.54) is 24.8 Å². The molecule has 0 fully saturated rings. The summed E-state index contributed by atoms with van der Waals surface area (Å²) in [6, 6.07) is 10.2. The highest BCUT2D eigenvalue weighted by atomic mass is 16.4. The summed E-state index contributed by atoms with van der Waals surface area (Å²) >= 11 is 0. The first kappa shape index (κ1) is 18.7. The summed E-state index contributed by atoms with van der Waals surface area (Å²) in [7, 11) is 0. The molecule has 0 aliphatic carbocycles. The number of aryl methyl sites for hydroxylation is 2. The predicted molar refractivity (Wildman–Crippen MR) is 101 cm³/mol. The van der Waals surface area contributed by atoms with Gasteiger partial charge in [0, 0.05) is 6.42 Å². The van der Waals surface area contributed by atoms with Gasteiger partial charge in [-0.1, -0.05) is 63.8 Å². The number of oxazole rings is 1. The van der Waals surface area contributed by atoms with Gasteiger partial charge in [-0.3, -0.25) is 0 Å². The topological polar surface area (TPSA) is 74.2 Å². The Balaban J connectivity index is 1.89. The third-order valence-corrected chi connectivity index (χ3v) is 4.04. The van der Waals surface area contributed by atoms with Crippen LogP contribution >= 0.6 is 0 Å². The van der Waals surface area contributed by atoms with E-state index in [9.17, 15) is 5.26 Å². The van der Waals surface area contributed by atoms with Gasteiger partial charge in [0.2, 0.25) is 5.69 Å². The Hall–Kier alpha value is -2.61. The lowest BCUT2D eigenvalue weighted by Crippen LogP contribution is -1.91. The number of unbranched alkanes of at least 4 members (excludes halogenated alkanes) is 4. The number of benzene rings is 1. The number of hydrogen-bond donors (Lipinski definition) is 1. The van der Waals surface area contributed by atoms with Gasteiger partial charge in [-0.05, 0) is 24.0 Å². The van der Waals surface area contributed by atoms with Crippen molar-refractivity contribution >= 4 is 12.1 Å². The highest BCUT2D eigenvalue weighted by Gasteiger charge is 2.12. The molecule has 0 saturated carbocycles. The van der Waals surface area contributed by atoms with Gasteiger partial charge >= 0.3 is 0 Å². The number of hydrogen-bond acceptors (Lipinski definition) is 5. The molecule has 1 heterocycles. The summed E-state index contributed by atoms with van der Waals surface area (Å²) in [5.74, 6) is 0.908. The monoisotopic (exact) mass is 338 g/mol. The maximum Gasteiger partial charge on any atom is 0.252 e. The molecule has 0 atom stereocenters. The smallest absolute Gasteiger partial charge is 0.252 e. The average Bonchev–Trinajstić information content (AvgIpc) is 3.04. The largest absolute Gasteiger partial charge is 0.422 e. The van der Waals surface area contributed by atoms with Crippen LogP contribution in [0, 0.1) is 11.3 Å². The molecule has 2 rings (SSSR count). The molecule has 0 unspecified atom stereocenters. The first-order valence-electron chi connectivity index (χ1n) is 9.04. The standard InChI is InChI=1S/C20H26N4O/c1-3-5-6-7-8-9-19-23-18(14-21)20(25-19)24-22-15-17-12-10-16(4-2)11-13-17/h10-13,15,24H,3-9H2,1-2H3. The lowest BCUT2D eigenvalue weighted by atomic mass is 10.1. The molecule has 25 heavy (non-hydrogen) atoms. The van der Waals surface area contributed by atoms with E-state index in [2.05, 4.69) is 41.5 Å². The van der Waals surface area contributed by atoms with Crippen LogP contribution < -0.4 is 5.43 Å². The van der Waals surface area contributed by atoms with Crippen LogP contribution in [0.3, 0.4) is 0 Å². The number of anilines is 1. The molecular formula is C20H26N4O. The number of nitriles is 1. The molecule has 5 heteroatoms. The van der Waals surface area contributed by atoms with Crippen LogP contribution in [0.1, 0.15) is 68.7 Å². The molecule has 0 bridgehead atoms. The minimum absolute atomic E-state index is 0.252. The molecule has 0 saturated heterocycles. The molecule has 0 aliphatic rings. The van der Waals surface area contributed by atoms with Gasteiger partial charge in [0.15, 0.2) is 5.89 Å². The normalized spacial score (nSPS) is 10.9. The van der Waals surface area contributed by atoms with Crippen molar-refractivity contribution in [3.8, 4) is 6.07 Å². The van der Waals surface area contributed by atoms with Crippen molar-refractivity contribution in [2.45, 2.75) is 58.8 Å². The number of nitrogens with zero attached hydrogens (tertiary/aromatic N) is 3. The maximum atomic E-state index is 9.18. The third kappa shape index (κ3) is 6.07. The van der Waals surface area contributed by atoms with Crippen LogP contribution in [0.25, 0.3) is 0 Å². The predicted octanol–water partition coefficient (Wildman–Crippen LogP) is 5.07. The van der Waals surface area contributed by atoms with E-state index in [0.29, 0.717) is 11.8 Å². The molecule has 0 radical (unpaired) electrons. The van der Waals surface area contributed by atoms with Crippen LogP contribution in [0.5, 0.6) is 0 Å². The van der Waals surface area contributed by atoms with Gasteiger partial charge in [-0.2, -0.15) is 10.4 Å². The zero-order chi connectivity index (χ0) is 17.9. The van der Waals surface area contributed by atoms with Crippen molar-refractivity contribution in [3.63, 3.8) is 0 Å². The summed E-state index contributed by atoms with van der Waals surface area (Å²) in [6.45, 7) is 4.32. The molecule has 1 aromatic heterocycles. The van der Waals surface area contributed by atoms with Crippen molar-refractivity contribution in [2.75, 3.05) is 5.43 Å². The van der Waals surface area contributed by atoms with E-state index in [1.54, 1.807) is 6.21 Å². The quantitative estimate of drug-likeness (QED) is 0.373. The van der Waals surface area contributed by atoms with Gasteiger partial charge in [0.05, 0.1) is 6.21 Å². The minimum atomic E-state index is 0.252. The summed E-state index contributed by atoms with van der Waals surface area (Å²) in [4.78, 5) is 4.23. The Labute approximate surface area is 149 Å². The van der Waals surface area contributed by atoms with Crippen LogP contribution in [0.2, 0.25) is 0 Å². The van der Waals surface area contributed by atoms with Crippen molar-refractivity contribution in [1.29, 1.82) is 5.26 Å². The van der Waals surface area contributed by atoms with E-state index in [-0.39, 0.29) is 5.69 Å². The van der Waals surface area contributed by atoms with Gasteiger partial charge in [0.25, 0.3) is 5.88 Å². The van der Waals surface area contributed by atoms with Crippen molar-refractivity contribution < 1.29 is 4.42 Å². The van der Waals surface area contributed by atoms with Crippen LogP contribution in [0.4, 0.5) is 5.88 Å². The zero-order valence-corrected chi connectivity index (χ0v) is 15.1. The fraction of sp³-hybridized carbons (Fsp3) is 0.450. The summed E-state index contributed by atoms with van der Waals surface area (Å²) < 4.78 is 5.63. The van der Waals surface area contributed by atoms with Gasteiger partial charge in [0.1, 0.15) is 6.07 Å². The molecule has 1 N–H and O–H groups in total. The highest BCUT2D eigenvalue weighted by Crippen LogP contribution is 2.18. The van der Waals surface area contributed by atoms with E-state index >= 15 is 0 Å². The number of hydrazone groups is 1. The molecule has 0 aliphatic heterocycles. The SMILES string of the molecule is CCCCCCCc1nc(C#N)c(NN=Cc2ccc(CC)cc2)o1. The minimum Gasteiger partial charge on any atom is -0.422 e. The van der Waals surface area contributed by atoms with E-state index in [4.69, 9.17) is 4.42 Å². The second-order valence-electron chi connectivity index (χ2n) is 6.03. The van der Waals surface area contributed by atoms with Crippen LogP contribution in [-0.4, -0.2) is 11.2 Å². The number of aromatic nitrogens is 1. The molecule has 1 aromatic carbocycles. The molecule has 0 amide bonds. The van der Waals surface area contributed by atoms with Crippen molar-refractivity contribution in [3.05, 3.63) is 47.0 Å². The Bertz CT molecular complexity index is 710. The second kappa shape index (κ2) is 10.3. The van der Waals surface area contributed by atoms with Gasteiger partial charge in [-0.15, -0.1) is 0 Å². The molecule has 2 aromatic rings. The lowest BCUT2D eigenvalue weighted by molar-refractivity contribution is 0.488. The average molecular weight is 338 g/mol. The zero-order valence-electron chi connectivity index (χ0n) is 15.1. The molecule has 132 valence electrons. The molecule has 0 spiro atoms. The molecule has 5 nitrogen and oxygen atoms in total. The van der Waals surface area contributed by atoms with Crippen LogP contribution in [0.15, 0.2) is 33.8 Å². The third-order valence-electron chi connectivity index (χ3n) is 4.04. The first-order valence-corrected chi connectivity index (χ1v) is 9.04.